The smallest absolute Gasteiger partial charge is 0.410 e. The van der Waals surface area contributed by atoms with E-state index in [1.54, 1.807) is 0 Å². The number of epoxide rings is 1. The van der Waals surface area contributed by atoms with Crippen molar-refractivity contribution in [2.45, 2.75) is 82.8 Å². The van der Waals surface area contributed by atoms with Crippen LogP contribution >= 0.6 is 0 Å². The third-order valence-corrected chi connectivity index (χ3v) is 4.48. The molecule has 3 heterocycles. The van der Waals surface area contributed by atoms with E-state index in [4.69, 9.17) is 9.47 Å². The minimum absolute atomic E-state index is 0.0876. The van der Waals surface area contributed by atoms with Crippen molar-refractivity contribution in [3.05, 3.63) is 0 Å². The van der Waals surface area contributed by atoms with Gasteiger partial charge < -0.3 is 14.4 Å². The highest BCUT2D eigenvalue weighted by Gasteiger charge is 2.62. The van der Waals surface area contributed by atoms with Crippen LogP contribution in [0.25, 0.3) is 0 Å². The summed E-state index contributed by atoms with van der Waals surface area (Å²) in [5.41, 5.74) is -0.320. The number of piperidine rings is 1. The Morgan fingerprint density at radius 2 is 1.78 bits per heavy atom. The maximum absolute atomic E-state index is 12.3. The molecule has 0 radical (unpaired) electrons. The van der Waals surface area contributed by atoms with E-state index >= 15 is 0 Å². The number of amides is 1. The molecule has 0 aromatic heterocycles. The first-order valence-corrected chi connectivity index (χ1v) is 7.00. The van der Waals surface area contributed by atoms with Gasteiger partial charge in [0.2, 0.25) is 0 Å². The van der Waals surface area contributed by atoms with Gasteiger partial charge in [-0.2, -0.15) is 0 Å². The van der Waals surface area contributed by atoms with Gasteiger partial charge in [0, 0.05) is 12.1 Å². The largest absolute Gasteiger partial charge is 0.444 e. The monoisotopic (exact) mass is 253 g/mol. The van der Waals surface area contributed by atoms with Crippen molar-refractivity contribution in [3.8, 4) is 0 Å². The fourth-order valence-corrected chi connectivity index (χ4v) is 3.60. The summed E-state index contributed by atoms with van der Waals surface area (Å²) in [6, 6.07) is 0.645. The number of fused-ring (bicyclic) bond motifs is 2. The fourth-order valence-electron chi connectivity index (χ4n) is 3.60. The van der Waals surface area contributed by atoms with Crippen molar-refractivity contribution in [2.75, 3.05) is 0 Å². The molecule has 1 amide bonds. The van der Waals surface area contributed by atoms with Gasteiger partial charge >= 0.3 is 6.09 Å². The molecule has 3 saturated heterocycles. The zero-order chi connectivity index (χ0) is 13.1. The Kier molecular flexibility index (Phi) is 2.47. The van der Waals surface area contributed by atoms with Gasteiger partial charge in [0.1, 0.15) is 5.60 Å². The molecule has 1 spiro atoms. The maximum atomic E-state index is 12.3. The molecule has 18 heavy (non-hydrogen) atoms. The average Bonchev–Trinajstić information content (AvgIpc) is 2.70. The minimum atomic E-state index is -0.408. The van der Waals surface area contributed by atoms with Crippen molar-refractivity contribution < 1.29 is 14.3 Å². The zero-order valence-electron chi connectivity index (χ0n) is 11.7. The third-order valence-electron chi connectivity index (χ3n) is 4.48. The Balaban J connectivity index is 1.71. The van der Waals surface area contributed by atoms with E-state index in [-0.39, 0.29) is 11.7 Å². The number of carbonyl (C=O) groups is 1. The highest BCUT2D eigenvalue weighted by Crippen LogP contribution is 2.53. The Hall–Kier alpha value is -0.770. The van der Waals surface area contributed by atoms with Crippen molar-refractivity contribution in [1.29, 1.82) is 0 Å². The molecule has 3 fully saturated rings. The molecule has 102 valence electrons. The molecule has 0 N–H and O–H groups in total. The van der Waals surface area contributed by atoms with E-state index in [9.17, 15) is 4.79 Å². The van der Waals surface area contributed by atoms with E-state index in [0.29, 0.717) is 18.2 Å². The number of hydrogen-bond donors (Lipinski definition) is 0. The first-order valence-electron chi connectivity index (χ1n) is 7.00. The van der Waals surface area contributed by atoms with E-state index in [1.165, 1.54) is 0 Å². The van der Waals surface area contributed by atoms with Crippen LogP contribution in [0.5, 0.6) is 0 Å². The lowest BCUT2D eigenvalue weighted by atomic mass is 9.88. The van der Waals surface area contributed by atoms with Gasteiger partial charge in [0.05, 0.1) is 11.7 Å². The number of nitrogens with zero attached hydrogens (tertiary/aromatic N) is 1. The second kappa shape index (κ2) is 3.62. The molecule has 4 atom stereocenters. The molecule has 0 aromatic rings. The molecular weight excluding hydrogens is 230 g/mol. The van der Waals surface area contributed by atoms with E-state index in [2.05, 4.69) is 6.92 Å². The van der Waals surface area contributed by atoms with Gasteiger partial charge in [-0.25, -0.2) is 4.79 Å². The van der Waals surface area contributed by atoms with Gasteiger partial charge in [0.15, 0.2) is 0 Å². The summed E-state index contributed by atoms with van der Waals surface area (Å²) in [6.07, 6.45) is 4.41. The Morgan fingerprint density at radius 3 is 2.17 bits per heavy atom. The summed E-state index contributed by atoms with van der Waals surface area (Å²) in [7, 11) is 0. The quantitative estimate of drug-likeness (QED) is 0.623. The molecule has 4 heteroatoms. The molecule has 0 aliphatic carbocycles. The first-order chi connectivity index (χ1) is 8.31. The van der Waals surface area contributed by atoms with E-state index in [1.807, 2.05) is 25.7 Å². The molecular formula is C14H23NO3. The summed E-state index contributed by atoms with van der Waals surface area (Å²) in [5.74, 6) is 0. The van der Waals surface area contributed by atoms with Crippen LogP contribution in [0.4, 0.5) is 4.79 Å². The molecule has 3 aliphatic heterocycles. The molecule has 3 unspecified atom stereocenters. The average molecular weight is 253 g/mol. The summed E-state index contributed by atoms with van der Waals surface area (Å²) in [4.78, 5) is 14.2. The SMILES string of the molecule is CC1OC12CC1CC[C@H](C2)N1C(=O)OC(C)(C)C. The first kappa shape index (κ1) is 12.3. The standard InChI is InChI=1S/C14H23NO3/c1-9-14(17-9)7-10-5-6-11(8-14)15(10)12(16)18-13(2,3)4/h9-11H,5-8H2,1-4H3/t9?,10-,11?,14?/m1/s1. The van der Waals surface area contributed by atoms with Gasteiger partial charge in [0.25, 0.3) is 0 Å². The van der Waals surface area contributed by atoms with E-state index in [0.717, 1.165) is 25.7 Å². The summed E-state index contributed by atoms with van der Waals surface area (Å²) in [6.45, 7) is 7.90. The number of rotatable bonds is 0. The molecule has 4 nitrogen and oxygen atoms in total. The highest BCUT2D eigenvalue weighted by molar-refractivity contribution is 5.69. The van der Waals surface area contributed by atoms with Crippen LogP contribution in [-0.4, -0.2) is 40.4 Å². The van der Waals surface area contributed by atoms with Gasteiger partial charge in [-0.1, -0.05) is 0 Å². The van der Waals surface area contributed by atoms with Crippen LogP contribution in [0, 0.1) is 0 Å². The minimum Gasteiger partial charge on any atom is -0.444 e. The van der Waals surface area contributed by atoms with Gasteiger partial charge in [-0.15, -0.1) is 0 Å². The van der Waals surface area contributed by atoms with Crippen LogP contribution in [0.2, 0.25) is 0 Å². The predicted octanol–water partition coefficient (Wildman–Crippen LogP) is 2.71. The Morgan fingerprint density at radius 1 is 1.28 bits per heavy atom. The van der Waals surface area contributed by atoms with Crippen LogP contribution < -0.4 is 0 Å². The van der Waals surface area contributed by atoms with Crippen LogP contribution in [-0.2, 0) is 9.47 Å². The second-order valence-corrected chi connectivity index (χ2v) is 7.01. The van der Waals surface area contributed by atoms with Crippen LogP contribution in [0.15, 0.2) is 0 Å². The Bertz CT molecular complexity index is 360. The van der Waals surface area contributed by atoms with Gasteiger partial charge in [-0.05, 0) is 53.4 Å². The lowest BCUT2D eigenvalue weighted by molar-refractivity contribution is -0.00104. The fraction of sp³-hybridized carbons (Fsp3) is 0.929. The van der Waals surface area contributed by atoms with Crippen molar-refractivity contribution in [2.24, 2.45) is 0 Å². The molecule has 2 bridgehead atoms. The van der Waals surface area contributed by atoms with Crippen molar-refractivity contribution >= 4 is 6.09 Å². The number of ether oxygens (including phenoxy) is 2. The highest BCUT2D eigenvalue weighted by atomic mass is 16.6. The topological polar surface area (TPSA) is 42.1 Å². The number of hydrogen-bond acceptors (Lipinski definition) is 3. The van der Waals surface area contributed by atoms with Crippen molar-refractivity contribution in [3.63, 3.8) is 0 Å². The van der Waals surface area contributed by atoms with Crippen LogP contribution in [0.1, 0.15) is 53.4 Å². The molecule has 0 aromatic carbocycles. The number of carbonyl (C=O) groups excluding carboxylic acids is 1. The Labute approximate surface area is 109 Å². The van der Waals surface area contributed by atoms with Crippen LogP contribution in [0.3, 0.4) is 0 Å². The zero-order valence-corrected chi connectivity index (χ0v) is 11.7. The van der Waals surface area contributed by atoms with Gasteiger partial charge in [-0.3, -0.25) is 0 Å². The third kappa shape index (κ3) is 1.91. The summed E-state index contributed by atoms with van der Waals surface area (Å²) in [5, 5.41) is 0. The molecule has 0 saturated carbocycles. The predicted molar refractivity (Wildman–Crippen MR) is 67.4 cm³/mol. The van der Waals surface area contributed by atoms with Crippen molar-refractivity contribution in [1.82, 2.24) is 4.90 Å². The second-order valence-electron chi connectivity index (χ2n) is 7.01. The molecule has 3 rings (SSSR count). The summed E-state index contributed by atoms with van der Waals surface area (Å²) < 4.78 is 11.3. The normalized spacial score (nSPS) is 42.2. The van der Waals surface area contributed by atoms with E-state index < -0.39 is 5.60 Å². The lowest BCUT2D eigenvalue weighted by Gasteiger charge is -2.38. The maximum Gasteiger partial charge on any atom is 0.410 e. The molecule has 3 aliphatic rings. The lowest BCUT2D eigenvalue weighted by Crippen LogP contribution is -2.51. The summed E-state index contributed by atoms with van der Waals surface area (Å²) >= 11 is 0.